The number of hydrogen-bond donors (Lipinski definition) is 2. The highest BCUT2D eigenvalue weighted by atomic mass is 16.4. The molecule has 1 saturated carbocycles. The maximum Gasteiger partial charge on any atom is 0.307 e. The van der Waals surface area contributed by atoms with Crippen LogP contribution in [0.15, 0.2) is 24.3 Å². The number of carbonyl (C=O) groups is 3. The Morgan fingerprint density at radius 1 is 1.10 bits per heavy atom. The van der Waals surface area contributed by atoms with Gasteiger partial charge in [-0.05, 0) is 44.0 Å². The third-order valence-corrected chi connectivity index (χ3v) is 3.73. The zero-order valence-electron chi connectivity index (χ0n) is 11.3. The van der Waals surface area contributed by atoms with Crippen molar-refractivity contribution >= 4 is 23.3 Å². The molecule has 0 saturated heterocycles. The van der Waals surface area contributed by atoms with Gasteiger partial charge in [-0.25, -0.2) is 0 Å². The van der Waals surface area contributed by atoms with Crippen LogP contribution >= 0.6 is 0 Å². The summed E-state index contributed by atoms with van der Waals surface area (Å²) in [6, 6.07) is 6.58. The fourth-order valence-electron chi connectivity index (χ4n) is 2.59. The molecule has 5 heteroatoms. The van der Waals surface area contributed by atoms with Crippen LogP contribution < -0.4 is 5.32 Å². The molecule has 106 valence electrons. The number of aliphatic carboxylic acids is 1. The number of benzene rings is 1. The SMILES string of the molecule is CC(=O)c1ccc(NC(=O)[C@@H]2CCC[C@@H]2C(=O)O)cc1. The Morgan fingerprint density at radius 2 is 1.70 bits per heavy atom. The first-order valence-electron chi connectivity index (χ1n) is 6.63. The maximum absolute atomic E-state index is 12.1. The van der Waals surface area contributed by atoms with Crippen molar-refractivity contribution < 1.29 is 19.5 Å². The molecule has 2 rings (SSSR count). The van der Waals surface area contributed by atoms with Crippen LogP contribution in [0, 0.1) is 11.8 Å². The molecule has 1 aliphatic carbocycles. The number of anilines is 1. The summed E-state index contributed by atoms with van der Waals surface area (Å²) in [6.07, 6.45) is 1.92. The van der Waals surface area contributed by atoms with Crippen molar-refractivity contribution in [1.29, 1.82) is 0 Å². The minimum Gasteiger partial charge on any atom is -0.481 e. The zero-order chi connectivity index (χ0) is 14.7. The molecular formula is C15H17NO4. The molecule has 2 atom stereocenters. The summed E-state index contributed by atoms with van der Waals surface area (Å²) in [7, 11) is 0. The van der Waals surface area contributed by atoms with Gasteiger partial charge in [-0.3, -0.25) is 14.4 Å². The van der Waals surface area contributed by atoms with Gasteiger partial charge in [0.2, 0.25) is 5.91 Å². The van der Waals surface area contributed by atoms with Crippen LogP contribution in [0.2, 0.25) is 0 Å². The van der Waals surface area contributed by atoms with Crippen molar-refractivity contribution in [3.8, 4) is 0 Å². The average Bonchev–Trinajstić information content (AvgIpc) is 2.88. The molecule has 0 unspecified atom stereocenters. The molecule has 1 aromatic carbocycles. The lowest BCUT2D eigenvalue weighted by molar-refractivity contribution is -0.145. The number of carboxylic acids is 1. The highest BCUT2D eigenvalue weighted by Crippen LogP contribution is 2.32. The third-order valence-electron chi connectivity index (χ3n) is 3.73. The second kappa shape index (κ2) is 5.86. The third kappa shape index (κ3) is 3.04. The van der Waals surface area contributed by atoms with Crippen LogP contribution in [0.3, 0.4) is 0 Å². The molecular weight excluding hydrogens is 258 g/mol. The molecule has 0 spiro atoms. The molecule has 5 nitrogen and oxygen atoms in total. The van der Waals surface area contributed by atoms with E-state index in [1.807, 2.05) is 0 Å². The summed E-state index contributed by atoms with van der Waals surface area (Å²) in [5.74, 6) is -2.27. The number of nitrogens with one attached hydrogen (secondary N) is 1. The van der Waals surface area contributed by atoms with Crippen LogP contribution in [0.1, 0.15) is 36.5 Å². The number of carbonyl (C=O) groups excluding carboxylic acids is 2. The Labute approximate surface area is 117 Å². The van der Waals surface area contributed by atoms with Crippen LogP contribution in [0.25, 0.3) is 0 Å². The van der Waals surface area contributed by atoms with Crippen molar-refractivity contribution in [2.24, 2.45) is 11.8 Å². The topological polar surface area (TPSA) is 83.5 Å². The van der Waals surface area contributed by atoms with Crippen molar-refractivity contribution in [3.63, 3.8) is 0 Å². The molecule has 1 aliphatic rings. The summed E-state index contributed by atoms with van der Waals surface area (Å²) >= 11 is 0. The van der Waals surface area contributed by atoms with Crippen molar-refractivity contribution in [2.75, 3.05) is 5.32 Å². The Bertz CT molecular complexity index is 535. The molecule has 0 aromatic heterocycles. The number of carboxylic acid groups (broad SMARTS) is 1. The lowest BCUT2D eigenvalue weighted by Gasteiger charge is -2.15. The molecule has 0 aliphatic heterocycles. The molecule has 20 heavy (non-hydrogen) atoms. The number of hydrogen-bond acceptors (Lipinski definition) is 3. The van der Waals surface area contributed by atoms with E-state index in [0.717, 1.165) is 6.42 Å². The van der Waals surface area contributed by atoms with Crippen LogP contribution in [0.5, 0.6) is 0 Å². The van der Waals surface area contributed by atoms with Crippen molar-refractivity contribution in [3.05, 3.63) is 29.8 Å². The quantitative estimate of drug-likeness (QED) is 0.826. The Balaban J connectivity index is 2.04. The van der Waals surface area contributed by atoms with E-state index in [1.54, 1.807) is 24.3 Å². The van der Waals surface area contributed by atoms with E-state index < -0.39 is 17.8 Å². The fraction of sp³-hybridized carbons (Fsp3) is 0.400. The first kappa shape index (κ1) is 14.2. The minimum atomic E-state index is -0.908. The Hall–Kier alpha value is -2.17. The van der Waals surface area contributed by atoms with Gasteiger partial charge in [-0.2, -0.15) is 0 Å². The summed E-state index contributed by atoms with van der Waals surface area (Å²) in [6.45, 7) is 1.48. The Morgan fingerprint density at radius 3 is 2.25 bits per heavy atom. The summed E-state index contributed by atoms with van der Waals surface area (Å²) < 4.78 is 0. The lowest BCUT2D eigenvalue weighted by Crippen LogP contribution is -2.29. The maximum atomic E-state index is 12.1. The predicted octanol–water partition coefficient (Wildman–Crippen LogP) is 2.33. The van der Waals surface area contributed by atoms with Gasteiger partial charge in [0, 0.05) is 11.3 Å². The number of ketones is 1. The van der Waals surface area contributed by atoms with Crippen molar-refractivity contribution in [2.45, 2.75) is 26.2 Å². The Kier molecular flexibility index (Phi) is 4.17. The second-order valence-corrected chi connectivity index (χ2v) is 5.10. The van der Waals surface area contributed by atoms with Gasteiger partial charge in [0.25, 0.3) is 0 Å². The van der Waals surface area contributed by atoms with Gasteiger partial charge in [0.15, 0.2) is 5.78 Å². The normalized spacial score (nSPS) is 21.4. The molecule has 0 heterocycles. The van der Waals surface area contributed by atoms with Gasteiger partial charge in [0.05, 0.1) is 11.8 Å². The van der Waals surface area contributed by atoms with E-state index in [-0.39, 0.29) is 11.7 Å². The highest BCUT2D eigenvalue weighted by Gasteiger charge is 2.37. The molecule has 2 N–H and O–H groups in total. The van der Waals surface area contributed by atoms with Gasteiger partial charge >= 0.3 is 5.97 Å². The molecule has 1 amide bonds. The summed E-state index contributed by atoms with van der Waals surface area (Å²) in [5, 5.41) is 11.8. The minimum absolute atomic E-state index is 0.0374. The molecule has 1 fully saturated rings. The number of amides is 1. The second-order valence-electron chi connectivity index (χ2n) is 5.10. The molecule has 0 radical (unpaired) electrons. The largest absolute Gasteiger partial charge is 0.481 e. The zero-order valence-corrected chi connectivity index (χ0v) is 11.3. The molecule has 1 aromatic rings. The van der Waals surface area contributed by atoms with Crippen LogP contribution in [0.4, 0.5) is 5.69 Å². The van der Waals surface area contributed by atoms with Gasteiger partial charge in [-0.15, -0.1) is 0 Å². The predicted molar refractivity (Wildman–Crippen MR) is 73.5 cm³/mol. The van der Waals surface area contributed by atoms with Gasteiger partial charge in [0.1, 0.15) is 0 Å². The fourth-order valence-corrected chi connectivity index (χ4v) is 2.59. The number of rotatable bonds is 4. The first-order chi connectivity index (χ1) is 9.49. The van der Waals surface area contributed by atoms with Gasteiger partial charge < -0.3 is 10.4 Å². The van der Waals surface area contributed by atoms with E-state index in [9.17, 15) is 14.4 Å². The first-order valence-corrected chi connectivity index (χ1v) is 6.63. The number of Topliss-reactive ketones (excluding diaryl/α,β-unsaturated/α-hetero) is 1. The monoisotopic (exact) mass is 275 g/mol. The summed E-state index contributed by atoms with van der Waals surface area (Å²) in [5.41, 5.74) is 1.16. The van der Waals surface area contributed by atoms with E-state index in [2.05, 4.69) is 5.32 Å². The van der Waals surface area contributed by atoms with Gasteiger partial charge in [-0.1, -0.05) is 6.42 Å². The average molecular weight is 275 g/mol. The van der Waals surface area contributed by atoms with E-state index in [0.29, 0.717) is 24.1 Å². The summed E-state index contributed by atoms with van der Waals surface area (Å²) in [4.78, 5) is 34.3. The van der Waals surface area contributed by atoms with E-state index in [1.165, 1.54) is 6.92 Å². The standard InChI is InChI=1S/C15H17NO4/c1-9(17)10-5-7-11(8-6-10)16-14(18)12-3-2-4-13(12)15(19)20/h5-8,12-13H,2-4H2,1H3,(H,16,18)(H,19,20)/t12-,13+/m1/s1. The van der Waals surface area contributed by atoms with E-state index in [4.69, 9.17) is 5.11 Å². The van der Waals surface area contributed by atoms with E-state index >= 15 is 0 Å². The highest BCUT2D eigenvalue weighted by molar-refractivity contribution is 5.97. The lowest BCUT2D eigenvalue weighted by atomic mass is 9.95. The van der Waals surface area contributed by atoms with Crippen molar-refractivity contribution in [1.82, 2.24) is 0 Å². The smallest absolute Gasteiger partial charge is 0.307 e. The molecule has 0 bridgehead atoms. The van der Waals surface area contributed by atoms with Crippen LogP contribution in [-0.4, -0.2) is 22.8 Å². The van der Waals surface area contributed by atoms with Crippen LogP contribution in [-0.2, 0) is 9.59 Å².